The number of nitrogens with zero attached hydrogens (tertiary/aromatic N) is 4. The van der Waals surface area contributed by atoms with Crippen LogP contribution in [-0.2, 0) is 27.8 Å². The summed E-state index contributed by atoms with van der Waals surface area (Å²) in [6.07, 6.45) is 0.690. The van der Waals surface area contributed by atoms with E-state index in [4.69, 9.17) is 5.73 Å². The molecule has 1 heterocycles. The Morgan fingerprint density at radius 1 is 0.951 bits per heavy atom. The maximum absolute atomic E-state index is 13.2. The number of rotatable bonds is 13. The van der Waals surface area contributed by atoms with Gasteiger partial charge in [-0.15, -0.1) is 10.2 Å². The Bertz CT molecular complexity index is 1600. The summed E-state index contributed by atoms with van der Waals surface area (Å²) in [5.74, 6) is -0.215. The zero-order valence-corrected chi connectivity index (χ0v) is 24.5. The largest absolute Gasteiger partial charge is 0.366 e. The highest BCUT2D eigenvalue weighted by atomic mass is 32.2. The maximum Gasteiger partial charge on any atom is 0.248 e. The highest BCUT2D eigenvalue weighted by Gasteiger charge is 2.23. The van der Waals surface area contributed by atoms with Crippen LogP contribution in [0.4, 0.5) is 5.69 Å². The number of carbonyl (C=O) groups excluding carboxylic acids is 2. The molecule has 0 unspecified atom stereocenters. The second kappa shape index (κ2) is 13.6. The van der Waals surface area contributed by atoms with Crippen molar-refractivity contribution in [3.63, 3.8) is 0 Å². The van der Waals surface area contributed by atoms with Gasteiger partial charge in [0.25, 0.3) is 0 Å². The van der Waals surface area contributed by atoms with Crippen LogP contribution in [0.3, 0.4) is 0 Å². The molecule has 0 atom stereocenters. The summed E-state index contributed by atoms with van der Waals surface area (Å²) >= 11 is 1.23. The molecule has 0 radical (unpaired) electrons. The van der Waals surface area contributed by atoms with Crippen LogP contribution in [0.1, 0.15) is 29.8 Å². The van der Waals surface area contributed by atoms with E-state index in [1.54, 1.807) is 62.4 Å². The summed E-state index contributed by atoms with van der Waals surface area (Å²) in [6, 6.07) is 23.0. The normalized spacial score (nSPS) is 11.5. The molecule has 3 aromatic carbocycles. The molecule has 10 nitrogen and oxygen atoms in total. The summed E-state index contributed by atoms with van der Waals surface area (Å²) < 4.78 is 29.7. The van der Waals surface area contributed by atoms with Gasteiger partial charge in [0.1, 0.15) is 0 Å². The Hall–Kier alpha value is -4.00. The van der Waals surface area contributed by atoms with Crippen molar-refractivity contribution < 1.29 is 18.0 Å². The summed E-state index contributed by atoms with van der Waals surface area (Å²) in [7, 11) is -3.66. The number of benzene rings is 3. The summed E-state index contributed by atoms with van der Waals surface area (Å²) in [4.78, 5) is 24.2. The first-order valence-electron chi connectivity index (χ1n) is 13.1. The van der Waals surface area contributed by atoms with E-state index in [1.165, 1.54) is 16.1 Å². The van der Waals surface area contributed by atoms with Gasteiger partial charge >= 0.3 is 0 Å². The van der Waals surface area contributed by atoms with Crippen LogP contribution in [0, 0.1) is 0 Å². The number of nitrogens with one attached hydrogen (secondary N) is 1. The number of hydrogen-bond acceptors (Lipinski definition) is 7. The Morgan fingerprint density at radius 3 is 2.32 bits per heavy atom. The third-order valence-electron chi connectivity index (χ3n) is 6.40. The predicted octanol–water partition coefficient (Wildman–Crippen LogP) is 4.05. The second-order valence-electron chi connectivity index (χ2n) is 9.09. The fourth-order valence-electron chi connectivity index (χ4n) is 4.25. The minimum atomic E-state index is -3.66. The number of primary amides is 1. The summed E-state index contributed by atoms with van der Waals surface area (Å²) in [5.41, 5.74) is 7.91. The highest BCUT2D eigenvalue weighted by Crippen LogP contribution is 2.27. The first-order valence-corrected chi connectivity index (χ1v) is 15.6. The number of carbonyl (C=O) groups is 2. The molecule has 0 aliphatic rings. The molecule has 0 fully saturated rings. The summed E-state index contributed by atoms with van der Waals surface area (Å²) in [5, 5.41) is 12.1. The second-order valence-corrected chi connectivity index (χ2v) is 12.0. The number of thioether (sulfide) groups is 1. The monoisotopic (exact) mass is 592 g/mol. The van der Waals surface area contributed by atoms with Gasteiger partial charge in [-0.05, 0) is 48.4 Å². The third kappa shape index (κ3) is 7.40. The Balaban J connectivity index is 1.58. The Labute approximate surface area is 244 Å². The predicted molar refractivity (Wildman–Crippen MR) is 160 cm³/mol. The Morgan fingerprint density at radius 2 is 1.66 bits per heavy atom. The van der Waals surface area contributed by atoms with Crippen LogP contribution in [0.25, 0.3) is 11.4 Å². The third-order valence-corrected chi connectivity index (χ3v) is 9.42. The number of aryl methyl sites for hydroxylation is 1. The van der Waals surface area contributed by atoms with Crippen LogP contribution in [0.2, 0.25) is 0 Å². The van der Waals surface area contributed by atoms with E-state index in [-0.39, 0.29) is 16.6 Å². The molecule has 0 bridgehead atoms. The molecule has 0 saturated carbocycles. The quantitative estimate of drug-likeness (QED) is 0.223. The lowest BCUT2D eigenvalue weighted by molar-refractivity contribution is -0.113. The topological polar surface area (TPSA) is 140 Å². The zero-order chi connectivity index (χ0) is 29.4. The van der Waals surface area contributed by atoms with Crippen molar-refractivity contribution >= 4 is 39.3 Å². The SMILES string of the molecule is CCN(CC)S(=O)(=O)c1cccc(-c2nnc(SCC(=O)Nc3ccc(C(N)=O)cc3)n2CCc2ccccc2)c1. The fraction of sp³-hybridized carbons (Fsp3) is 0.241. The number of anilines is 1. The van der Waals surface area contributed by atoms with Crippen molar-refractivity contribution in [1.29, 1.82) is 0 Å². The van der Waals surface area contributed by atoms with Gasteiger partial charge in [0.05, 0.1) is 10.6 Å². The molecule has 4 aromatic rings. The van der Waals surface area contributed by atoms with Crippen molar-refractivity contribution in [3.8, 4) is 11.4 Å². The van der Waals surface area contributed by atoms with Crippen molar-refractivity contribution in [2.45, 2.75) is 36.9 Å². The van der Waals surface area contributed by atoms with Gasteiger partial charge in [0.15, 0.2) is 11.0 Å². The maximum atomic E-state index is 13.2. The van der Waals surface area contributed by atoms with Gasteiger partial charge in [-0.3, -0.25) is 9.59 Å². The van der Waals surface area contributed by atoms with Gasteiger partial charge < -0.3 is 15.6 Å². The molecule has 3 N–H and O–H groups in total. The minimum absolute atomic E-state index is 0.0669. The van der Waals surface area contributed by atoms with Gasteiger partial charge in [0.2, 0.25) is 21.8 Å². The lowest BCUT2D eigenvalue weighted by Gasteiger charge is -2.19. The number of amides is 2. The smallest absolute Gasteiger partial charge is 0.248 e. The minimum Gasteiger partial charge on any atom is -0.366 e. The van der Waals surface area contributed by atoms with Gasteiger partial charge in [-0.25, -0.2) is 8.42 Å². The first kappa shape index (κ1) is 30.0. The van der Waals surface area contributed by atoms with Gasteiger partial charge in [-0.1, -0.05) is 68.1 Å². The van der Waals surface area contributed by atoms with Crippen molar-refractivity contribution in [2.75, 3.05) is 24.2 Å². The van der Waals surface area contributed by atoms with Crippen molar-refractivity contribution in [3.05, 3.63) is 90.0 Å². The molecule has 0 saturated heterocycles. The molecule has 2 amide bonds. The van der Waals surface area contributed by atoms with Crippen LogP contribution in [-0.4, -0.2) is 58.1 Å². The van der Waals surface area contributed by atoms with E-state index in [0.29, 0.717) is 53.9 Å². The average Bonchev–Trinajstić information content (AvgIpc) is 3.39. The summed E-state index contributed by atoms with van der Waals surface area (Å²) in [6.45, 7) is 4.88. The molecule has 4 rings (SSSR count). The zero-order valence-electron chi connectivity index (χ0n) is 22.9. The molecule has 0 spiro atoms. The number of hydrogen-bond donors (Lipinski definition) is 2. The average molecular weight is 593 g/mol. The van der Waals surface area contributed by atoms with E-state index in [2.05, 4.69) is 15.5 Å². The number of nitrogens with two attached hydrogens (primary N) is 1. The lowest BCUT2D eigenvalue weighted by Crippen LogP contribution is -2.30. The van der Waals surface area contributed by atoms with Crippen LogP contribution >= 0.6 is 11.8 Å². The number of aromatic nitrogens is 3. The molecule has 12 heteroatoms. The highest BCUT2D eigenvalue weighted by molar-refractivity contribution is 7.99. The first-order chi connectivity index (χ1) is 19.7. The molecule has 0 aliphatic heterocycles. The fourth-order valence-corrected chi connectivity index (χ4v) is 6.52. The van der Waals surface area contributed by atoms with Crippen LogP contribution in [0.15, 0.2) is 88.9 Å². The van der Waals surface area contributed by atoms with E-state index < -0.39 is 15.9 Å². The Kier molecular flexibility index (Phi) is 9.92. The standard InChI is InChI=1S/C29H32N6O4S2/c1-3-34(4-2)41(38,39)25-12-8-11-23(19-25)28-32-33-29(35(28)18-17-21-9-6-5-7-10-21)40-20-26(36)31-24-15-13-22(14-16-24)27(30)37/h5-16,19H,3-4,17-18,20H2,1-2H3,(H2,30,37)(H,31,36). The van der Waals surface area contributed by atoms with Crippen LogP contribution < -0.4 is 11.1 Å². The van der Waals surface area contributed by atoms with Crippen molar-refractivity contribution in [2.24, 2.45) is 5.73 Å². The van der Waals surface area contributed by atoms with E-state index in [0.717, 1.165) is 5.56 Å². The molecular weight excluding hydrogens is 560 g/mol. The number of sulfonamides is 1. The molecule has 1 aromatic heterocycles. The van der Waals surface area contributed by atoms with E-state index in [1.807, 2.05) is 34.9 Å². The molecule has 41 heavy (non-hydrogen) atoms. The lowest BCUT2D eigenvalue weighted by atomic mass is 10.1. The van der Waals surface area contributed by atoms with Gasteiger partial charge in [0, 0.05) is 36.4 Å². The van der Waals surface area contributed by atoms with Gasteiger partial charge in [-0.2, -0.15) is 4.31 Å². The molecule has 214 valence electrons. The van der Waals surface area contributed by atoms with E-state index in [9.17, 15) is 18.0 Å². The van der Waals surface area contributed by atoms with Crippen molar-refractivity contribution in [1.82, 2.24) is 19.1 Å². The van der Waals surface area contributed by atoms with Crippen LogP contribution in [0.5, 0.6) is 0 Å². The molecule has 0 aliphatic carbocycles. The molecular formula is C29H32N6O4S2. The van der Waals surface area contributed by atoms with E-state index >= 15 is 0 Å².